The molecular weight excluding hydrogens is 278 g/mol. The lowest BCUT2D eigenvalue weighted by Gasteiger charge is -2.31. The van der Waals surface area contributed by atoms with Gasteiger partial charge in [-0.3, -0.25) is 0 Å². The van der Waals surface area contributed by atoms with Gasteiger partial charge in [-0.1, -0.05) is 13.8 Å². The molecule has 1 heterocycles. The summed E-state index contributed by atoms with van der Waals surface area (Å²) in [5.74, 6) is 0.767. The molecule has 5 heteroatoms. The van der Waals surface area contributed by atoms with Crippen molar-refractivity contribution in [2.45, 2.75) is 43.5 Å². The molecule has 0 bridgehead atoms. The van der Waals surface area contributed by atoms with Gasteiger partial charge in [0.2, 0.25) is 0 Å². The third-order valence-electron chi connectivity index (χ3n) is 4.22. The van der Waals surface area contributed by atoms with E-state index >= 15 is 0 Å². The predicted octanol–water partition coefficient (Wildman–Crippen LogP) is 4.33. The molecule has 0 aliphatic carbocycles. The second-order valence-corrected chi connectivity index (χ2v) is 6.87. The second kappa shape index (κ2) is 5.95. The van der Waals surface area contributed by atoms with Crippen LogP contribution in [0.2, 0.25) is 0 Å². The van der Waals surface area contributed by atoms with Crippen LogP contribution in [0.4, 0.5) is 5.69 Å². The van der Waals surface area contributed by atoms with Gasteiger partial charge in [0.05, 0.1) is 0 Å². The number of hydrogen-bond donors (Lipinski definition) is 2. The van der Waals surface area contributed by atoms with Crippen molar-refractivity contribution < 1.29 is 9.11 Å². The lowest BCUT2D eigenvalue weighted by molar-refractivity contribution is 0.440. The normalized spacial score (nSPS) is 20.7. The zero-order chi connectivity index (χ0) is 14.0. The second-order valence-electron chi connectivity index (χ2n) is 5.55. The van der Waals surface area contributed by atoms with Gasteiger partial charge >= 0.3 is 0 Å². The highest BCUT2D eigenvalue weighted by Crippen LogP contribution is 2.46. The number of hydrogen-bond acceptors (Lipinski definition) is 5. The standard InChI is InChI=1S/C14H21NO2S2/c1-10-14(2,3)12-9-11(19-17)5-6-13(12)15(10)7-4-8-18-16/h5-6,9-10,16-17H,4,7-8H2,1-3H3. The van der Waals surface area contributed by atoms with Crippen molar-refractivity contribution in [3.05, 3.63) is 23.8 Å². The summed E-state index contributed by atoms with van der Waals surface area (Å²) in [5.41, 5.74) is 2.64. The van der Waals surface area contributed by atoms with E-state index in [1.807, 2.05) is 6.07 Å². The van der Waals surface area contributed by atoms with Gasteiger partial charge in [-0.2, -0.15) is 0 Å². The van der Waals surface area contributed by atoms with E-state index in [-0.39, 0.29) is 5.41 Å². The van der Waals surface area contributed by atoms with Gasteiger partial charge in [0, 0.05) is 46.4 Å². The Morgan fingerprint density at radius 1 is 1.32 bits per heavy atom. The van der Waals surface area contributed by atoms with Gasteiger partial charge in [-0.25, -0.2) is 0 Å². The fourth-order valence-electron chi connectivity index (χ4n) is 2.78. The van der Waals surface area contributed by atoms with E-state index in [1.54, 1.807) is 0 Å². The summed E-state index contributed by atoms with van der Waals surface area (Å²) in [6.07, 6.45) is 0.970. The molecule has 3 nitrogen and oxygen atoms in total. The maximum absolute atomic E-state index is 9.22. The molecule has 1 aliphatic rings. The van der Waals surface area contributed by atoms with Crippen molar-refractivity contribution in [2.75, 3.05) is 17.2 Å². The van der Waals surface area contributed by atoms with Crippen LogP contribution in [0.1, 0.15) is 32.8 Å². The van der Waals surface area contributed by atoms with Gasteiger partial charge in [0.25, 0.3) is 0 Å². The number of fused-ring (bicyclic) bond motifs is 1. The van der Waals surface area contributed by atoms with Crippen LogP contribution in [-0.4, -0.2) is 27.4 Å². The Hall–Kier alpha value is -0.360. The van der Waals surface area contributed by atoms with Crippen LogP contribution < -0.4 is 4.90 Å². The highest BCUT2D eigenvalue weighted by atomic mass is 32.2. The molecule has 1 aromatic rings. The molecule has 0 saturated carbocycles. The van der Waals surface area contributed by atoms with Crippen molar-refractivity contribution in [1.29, 1.82) is 0 Å². The molecule has 0 fully saturated rings. The molecular formula is C14H21NO2S2. The average molecular weight is 299 g/mol. The first-order chi connectivity index (χ1) is 9.02. The molecule has 0 spiro atoms. The Balaban J connectivity index is 2.30. The molecule has 2 N–H and O–H groups in total. The third kappa shape index (κ3) is 2.75. The fourth-order valence-corrected chi connectivity index (χ4v) is 3.33. The highest BCUT2D eigenvalue weighted by Gasteiger charge is 2.41. The summed E-state index contributed by atoms with van der Waals surface area (Å²) in [7, 11) is 0. The molecule has 0 amide bonds. The van der Waals surface area contributed by atoms with E-state index in [1.165, 1.54) is 11.3 Å². The number of anilines is 1. The molecule has 1 aromatic carbocycles. The van der Waals surface area contributed by atoms with Crippen LogP contribution in [0.5, 0.6) is 0 Å². The smallest absolute Gasteiger partial charge is 0.0408 e. The Morgan fingerprint density at radius 2 is 2.05 bits per heavy atom. The third-order valence-corrected chi connectivity index (χ3v) is 5.16. The summed E-state index contributed by atoms with van der Waals surface area (Å²) >= 11 is 1.72. The molecule has 2 rings (SSSR count). The summed E-state index contributed by atoms with van der Waals surface area (Å²) < 4.78 is 18.1. The lowest BCUT2D eigenvalue weighted by atomic mass is 9.81. The number of benzene rings is 1. The van der Waals surface area contributed by atoms with Crippen molar-refractivity contribution in [3.8, 4) is 0 Å². The maximum Gasteiger partial charge on any atom is 0.0408 e. The maximum atomic E-state index is 9.22. The molecule has 0 aromatic heterocycles. The molecule has 1 aliphatic heterocycles. The lowest BCUT2D eigenvalue weighted by Crippen LogP contribution is -2.39. The molecule has 0 radical (unpaired) electrons. The molecule has 106 valence electrons. The SMILES string of the molecule is CC1N(CCCSO)c2ccc(SO)cc2C1(C)C. The Labute approximate surface area is 123 Å². The predicted molar refractivity (Wildman–Crippen MR) is 84.5 cm³/mol. The first kappa shape index (κ1) is 15.0. The van der Waals surface area contributed by atoms with E-state index in [2.05, 4.69) is 37.8 Å². The quantitative estimate of drug-likeness (QED) is 0.625. The van der Waals surface area contributed by atoms with Crippen molar-refractivity contribution in [3.63, 3.8) is 0 Å². The monoisotopic (exact) mass is 299 g/mol. The summed E-state index contributed by atoms with van der Waals surface area (Å²) in [6.45, 7) is 7.71. The highest BCUT2D eigenvalue weighted by molar-refractivity contribution is 7.93. The largest absolute Gasteiger partial charge is 0.368 e. The average Bonchev–Trinajstić information content (AvgIpc) is 2.59. The summed E-state index contributed by atoms with van der Waals surface area (Å²) in [6, 6.07) is 6.58. The number of rotatable bonds is 5. The van der Waals surface area contributed by atoms with Crippen LogP contribution in [0.3, 0.4) is 0 Å². The van der Waals surface area contributed by atoms with Crippen LogP contribution in [-0.2, 0) is 5.41 Å². The Morgan fingerprint density at radius 3 is 2.68 bits per heavy atom. The van der Waals surface area contributed by atoms with Gasteiger partial charge in [-0.05, 0) is 49.1 Å². The van der Waals surface area contributed by atoms with Crippen molar-refractivity contribution in [2.24, 2.45) is 0 Å². The minimum Gasteiger partial charge on any atom is -0.368 e. The van der Waals surface area contributed by atoms with Crippen LogP contribution in [0.25, 0.3) is 0 Å². The number of nitrogens with zero attached hydrogens (tertiary/aromatic N) is 1. The van der Waals surface area contributed by atoms with Crippen molar-refractivity contribution >= 4 is 29.8 Å². The van der Waals surface area contributed by atoms with Crippen molar-refractivity contribution in [1.82, 2.24) is 0 Å². The zero-order valence-electron chi connectivity index (χ0n) is 11.6. The topological polar surface area (TPSA) is 43.7 Å². The van der Waals surface area contributed by atoms with Crippen LogP contribution >= 0.6 is 24.1 Å². The first-order valence-electron chi connectivity index (χ1n) is 6.51. The molecule has 1 unspecified atom stereocenters. The van der Waals surface area contributed by atoms with E-state index in [9.17, 15) is 4.55 Å². The van der Waals surface area contributed by atoms with E-state index in [0.717, 1.165) is 47.7 Å². The minimum absolute atomic E-state index is 0.0768. The van der Waals surface area contributed by atoms with E-state index < -0.39 is 0 Å². The minimum atomic E-state index is 0.0768. The van der Waals surface area contributed by atoms with Gasteiger partial charge in [-0.15, -0.1) is 0 Å². The summed E-state index contributed by atoms with van der Waals surface area (Å²) in [5, 5.41) is 0. The van der Waals surface area contributed by atoms with Gasteiger partial charge < -0.3 is 14.0 Å². The fraction of sp³-hybridized carbons (Fsp3) is 0.571. The Kier molecular flexibility index (Phi) is 4.71. The van der Waals surface area contributed by atoms with Crippen LogP contribution in [0.15, 0.2) is 23.1 Å². The molecule has 1 atom stereocenters. The van der Waals surface area contributed by atoms with E-state index in [4.69, 9.17) is 4.55 Å². The Bertz CT molecular complexity index is 451. The van der Waals surface area contributed by atoms with Gasteiger partial charge in [0.15, 0.2) is 0 Å². The van der Waals surface area contributed by atoms with Gasteiger partial charge in [0.1, 0.15) is 0 Å². The summed E-state index contributed by atoms with van der Waals surface area (Å²) in [4.78, 5) is 3.31. The first-order valence-corrected chi connectivity index (χ1v) is 8.23. The van der Waals surface area contributed by atoms with E-state index in [0.29, 0.717) is 6.04 Å². The zero-order valence-corrected chi connectivity index (χ0v) is 13.2. The molecule has 19 heavy (non-hydrogen) atoms. The van der Waals surface area contributed by atoms with Crippen LogP contribution in [0, 0.1) is 0 Å². The molecule has 0 saturated heterocycles.